The van der Waals surface area contributed by atoms with E-state index >= 15 is 0 Å². The van der Waals surface area contributed by atoms with Gasteiger partial charge in [-0.05, 0) is 173 Å². The molecule has 0 saturated carbocycles. The maximum Gasteiger partial charge on any atom is 0.119 e. The van der Waals surface area contributed by atoms with Crippen LogP contribution in [0.1, 0.15) is 207 Å². The van der Waals surface area contributed by atoms with Crippen molar-refractivity contribution in [2.45, 2.75) is 211 Å². The van der Waals surface area contributed by atoms with Gasteiger partial charge >= 0.3 is 0 Å². The van der Waals surface area contributed by atoms with E-state index in [-0.39, 0.29) is 0 Å². The SMILES string of the molecule is CC(C)(C)CCCN1CCN(CCOc2ccc(CC(C)(C)C)cc2)CC1.CC(C)(C)CCOCCOCCOCCN1CCN(CCOc2ccc(CC(C)(C)C)cc2)CC1.CC(C)(C)Cc1ccc(OCCN2CCN(CC(C)(C)C)CC2)cc1.CC(C)CCOCCN1CCN(CCOc2ccc(CC(C)(C)C)cc2)CC1. The van der Waals surface area contributed by atoms with Crippen LogP contribution < -0.4 is 18.9 Å². The van der Waals surface area contributed by atoms with E-state index in [0.717, 1.165) is 225 Å². The zero-order valence-corrected chi connectivity index (χ0v) is 78.3. The van der Waals surface area contributed by atoms with E-state index < -0.39 is 0 Å². The summed E-state index contributed by atoms with van der Waals surface area (Å²) in [5, 5.41) is 0. The molecule has 4 fully saturated rings. The second kappa shape index (κ2) is 52.7. The number of piperazine rings is 4. The number of hydrogen-bond donors (Lipinski definition) is 0. The highest BCUT2D eigenvalue weighted by atomic mass is 16.5. The molecule has 8 rings (SSSR count). The standard InChI is InChI=1S/C29H52N2O4.C24H42N2O2.C24H42N2O.C22H38N2O/c1-28(2,3)11-18-32-21-23-34-24-22-33-19-16-30-12-14-31(15-13-30)17-20-35-27-9-7-26(8-10-27)25-29(4,5)6;1-21(2)10-17-27-18-15-25-11-13-26(14-12-25)16-19-28-23-8-6-22(7-9-23)20-24(3,4)5;1-23(2,3)12-7-13-25-14-16-26(17-15-25)18-19-27-22-10-8-21(9-11-22)20-24(4,5)6;1-21(2,3)17-19-7-9-20(10-8-19)25-16-15-23-11-13-24(14-12-23)18-22(4,5)6/h7-10H,11-25H2,1-6H3;6-9,21H,10-20H2,1-5H3;8-11H,7,12-20H2,1-6H3;7-10H,11-18H2,1-6H3. The number of nitrogens with zero attached hydrogens (tertiary/aromatic N) is 8. The second-order valence-electron chi connectivity index (χ2n) is 42.3. The summed E-state index contributed by atoms with van der Waals surface area (Å²) in [5.41, 5.74) is 8.00. The molecule has 0 aromatic heterocycles. The van der Waals surface area contributed by atoms with Gasteiger partial charge in [-0.3, -0.25) is 29.4 Å². The molecule has 4 aromatic carbocycles. The molecule has 0 amide bonds. The van der Waals surface area contributed by atoms with Gasteiger partial charge in [0.25, 0.3) is 0 Å². The number of hydrogen-bond acceptors (Lipinski definition) is 16. The van der Waals surface area contributed by atoms with Crippen LogP contribution in [0.15, 0.2) is 97.1 Å². The maximum absolute atomic E-state index is 5.98. The lowest BCUT2D eigenvalue weighted by molar-refractivity contribution is 0.00450. The summed E-state index contributed by atoms with van der Waals surface area (Å²) in [5.74, 6) is 4.66. The highest BCUT2D eigenvalue weighted by Gasteiger charge is 2.25. The van der Waals surface area contributed by atoms with Crippen LogP contribution in [0.2, 0.25) is 0 Å². The van der Waals surface area contributed by atoms with Crippen LogP contribution in [0.4, 0.5) is 0 Å². The maximum atomic E-state index is 5.98. The van der Waals surface area contributed by atoms with Gasteiger partial charge in [-0.1, -0.05) is 208 Å². The minimum absolute atomic E-state index is 0.312. The lowest BCUT2D eigenvalue weighted by Crippen LogP contribution is -2.49. The van der Waals surface area contributed by atoms with Crippen LogP contribution in [0, 0.1) is 43.8 Å². The fourth-order valence-electron chi connectivity index (χ4n) is 14.5. The first kappa shape index (κ1) is 101. The zero-order chi connectivity index (χ0) is 84.4. The Labute approximate surface area is 706 Å². The average Bonchev–Trinajstić information content (AvgIpc) is 0.881. The highest BCUT2D eigenvalue weighted by molar-refractivity contribution is 5.31. The fourth-order valence-corrected chi connectivity index (χ4v) is 14.5. The third-order valence-corrected chi connectivity index (χ3v) is 21.0. The number of ether oxygens (including phenoxy) is 8. The van der Waals surface area contributed by atoms with Gasteiger partial charge in [0.1, 0.15) is 49.4 Å². The first-order valence-electron chi connectivity index (χ1n) is 45.1. The van der Waals surface area contributed by atoms with Crippen molar-refractivity contribution in [3.05, 3.63) is 119 Å². The molecule has 4 aliphatic rings. The summed E-state index contributed by atoms with van der Waals surface area (Å²) in [7, 11) is 0. The molecule has 0 bridgehead atoms. The van der Waals surface area contributed by atoms with Crippen molar-refractivity contribution in [1.82, 2.24) is 39.2 Å². The lowest BCUT2D eigenvalue weighted by atomic mass is 9.88. The Hall–Kier alpha value is -4.40. The molecular formula is C99H174N8O8. The van der Waals surface area contributed by atoms with E-state index in [1.54, 1.807) is 0 Å². The Morgan fingerprint density at radius 2 is 0.461 bits per heavy atom. The van der Waals surface area contributed by atoms with Crippen molar-refractivity contribution >= 4 is 0 Å². The summed E-state index contributed by atoms with van der Waals surface area (Å²) < 4.78 is 46.5. The molecule has 0 spiro atoms. The van der Waals surface area contributed by atoms with Crippen molar-refractivity contribution in [3.8, 4) is 23.0 Å². The van der Waals surface area contributed by atoms with Crippen LogP contribution >= 0.6 is 0 Å². The summed E-state index contributed by atoms with van der Waals surface area (Å²) in [6, 6.07) is 34.5. The van der Waals surface area contributed by atoms with E-state index in [1.165, 1.54) is 87.5 Å². The summed E-state index contributed by atoms with van der Waals surface area (Å²) >= 11 is 0. The van der Waals surface area contributed by atoms with E-state index in [2.05, 4.69) is 296 Å². The first-order chi connectivity index (χ1) is 54.1. The van der Waals surface area contributed by atoms with Crippen LogP contribution in [-0.4, -0.2) is 276 Å². The van der Waals surface area contributed by atoms with Crippen molar-refractivity contribution in [2.24, 2.45) is 43.8 Å². The Balaban J connectivity index is 0.000000276. The average molecular weight is 1600 g/mol. The van der Waals surface area contributed by atoms with E-state index in [0.29, 0.717) is 64.3 Å². The monoisotopic (exact) mass is 1600 g/mol. The van der Waals surface area contributed by atoms with E-state index in [4.69, 9.17) is 37.9 Å². The van der Waals surface area contributed by atoms with Gasteiger partial charge in [0.15, 0.2) is 0 Å². The molecule has 4 saturated heterocycles. The molecule has 4 heterocycles. The zero-order valence-electron chi connectivity index (χ0n) is 78.3. The molecule has 16 heteroatoms. The van der Waals surface area contributed by atoms with Crippen molar-refractivity contribution in [2.75, 3.05) is 236 Å². The molecule has 0 aliphatic carbocycles. The van der Waals surface area contributed by atoms with Crippen LogP contribution in [0.25, 0.3) is 0 Å². The van der Waals surface area contributed by atoms with Crippen molar-refractivity contribution < 1.29 is 37.9 Å². The predicted octanol–water partition coefficient (Wildman–Crippen LogP) is 18.5. The predicted molar refractivity (Wildman–Crippen MR) is 487 cm³/mol. The van der Waals surface area contributed by atoms with Gasteiger partial charge < -0.3 is 47.7 Å². The molecule has 4 aromatic rings. The fraction of sp³-hybridized carbons (Fsp3) is 0.758. The lowest BCUT2D eigenvalue weighted by Gasteiger charge is -2.37. The first-order valence-corrected chi connectivity index (χ1v) is 45.1. The van der Waals surface area contributed by atoms with E-state index in [9.17, 15) is 0 Å². The van der Waals surface area contributed by atoms with Crippen molar-refractivity contribution in [1.29, 1.82) is 0 Å². The molecular weight excluding hydrogens is 1430 g/mol. The topological polar surface area (TPSA) is 99.8 Å². The Morgan fingerprint density at radius 3 is 0.704 bits per heavy atom. The molecule has 658 valence electrons. The molecule has 0 unspecified atom stereocenters. The Morgan fingerprint density at radius 1 is 0.235 bits per heavy atom. The highest BCUT2D eigenvalue weighted by Crippen LogP contribution is 2.28. The number of benzene rings is 4. The molecule has 4 aliphatic heterocycles. The van der Waals surface area contributed by atoms with Gasteiger partial charge in [0.2, 0.25) is 0 Å². The van der Waals surface area contributed by atoms with Crippen LogP contribution in [-0.2, 0) is 44.6 Å². The molecule has 115 heavy (non-hydrogen) atoms. The van der Waals surface area contributed by atoms with Crippen molar-refractivity contribution in [3.63, 3.8) is 0 Å². The van der Waals surface area contributed by atoms with Crippen LogP contribution in [0.5, 0.6) is 23.0 Å². The van der Waals surface area contributed by atoms with Gasteiger partial charge in [0, 0.05) is 164 Å². The largest absolute Gasteiger partial charge is 0.492 e. The van der Waals surface area contributed by atoms with E-state index in [1.807, 2.05) is 0 Å². The third kappa shape index (κ3) is 53.1. The second-order valence-corrected chi connectivity index (χ2v) is 42.3. The smallest absolute Gasteiger partial charge is 0.119 e. The minimum atomic E-state index is 0.312. The molecule has 0 atom stereocenters. The summed E-state index contributed by atoms with van der Waals surface area (Å²) in [6.45, 7) is 88.2. The number of rotatable bonds is 41. The summed E-state index contributed by atoms with van der Waals surface area (Å²) in [6.07, 6.45) is 9.26. The van der Waals surface area contributed by atoms with Gasteiger partial charge in [-0.15, -0.1) is 0 Å². The molecule has 16 nitrogen and oxygen atoms in total. The van der Waals surface area contributed by atoms with Crippen LogP contribution in [0.3, 0.4) is 0 Å². The molecule has 0 N–H and O–H groups in total. The minimum Gasteiger partial charge on any atom is -0.492 e. The van der Waals surface area contributed by atoms with Gasteiger partial charge in [-0.25, -0.2) is 0 Å². The van der Waals surface area contributed by atoms with Gasteiger partial charge in [0.05, 0.1) is 39.6 Å². The quantitative estimate of drug-likeness (QED) is 0.0394. The third-order valence-electron chi connectivity index (χ3n) is 21.0. The molecule has 0 radical (unpaired) electrons. The van der Waals surface area contributed by atoms with Gasteiger partial charge in [-0.2, -0.15) is 0 Å². The Bertz CT molecular complexity index is 3050. The summed E-state index contributed by atoms with van der Waals surface area (Å²) in [4.78, 5) is 20.3. The normalized spacial score (nSPS) is 16.8. The Kier molecular flexibility index (Phi) is 46.4.